The summed E-state index contributed by atoms with van der Waals surface area (Å²) in [4.78, 5) is 11.3. The number of carbonyl (C=O) groups is 1. The quantitative estimate of drug-likeness (QED) is 0.681. The lowest BCUT2D eigenvalue weighted by Gasteiger charge is -2.03. The molecule has 1 amide bonds. The van der Waals surface area contributed by atoms with E-state index in [-0.39, 0.29) is 5.91 Å². The van der Waals surface area contributed by atoms with Gasteiger partial charge >= 0.3 is 0 Å². The van der Waals surface area contributed by atoms with E-state index in [1.807, 2.05) is 6.92 Å². The third-order valence-corrected chi connectivity index (χ3v) is 2.07. The minimum atomic E-state index is -0.443. The minimum absolute atomic E-state index is 0.120. The van der Waals surface area contributed by atoms with Gasteiger partial charge in [-0.2, -0.15) is 5.10 Å². The van der Waals surface area contributed by atoms with Crippen LogP contribution in [0, 0.1) is 0 Å². The number of carbonyl (C=O) groups excluding carboxylic acids is 1. The summed E-state index contributed by atoms with van der Waals surface area (Å²) in [5.74, 6) is 0.424. The van der Waals surface area contributed by atoms with Crippen molar-refractivity contribution in [2.24, 2.45) is 0 Å². The number of aromatic nitrogens is 2. The first-order valence-electron chi connectivity index (χ1n) is 5.14. The fourth-order valence-corrected chi connectivity index (χ4v) is 1.15. The van der Waals surface area contributed by atoms with Crippen LogP contribution in [0.1, 0.15) is 32.4 Å². The van der Waals surface area contributed by atoms with E-state index in [1.54, 1.807) is 13.0 Å². The first kappa shape index (κ1) is 11.7. The van der Waals surface area contributed by atoms with Gasteiger partial charge in [-0.05, 0) is 19.8 Å². The second-order valence-electron chi connectivity index (χ2n) is 3.57. The van der Waals surface area contributed by atoms with Gasteiger partial charge in [0, 0.05) is 18.2 Å². The lowest BCUT2D eigenvalue weighted by atomic mass is 10.2. The predicted molar refractivity (Wildman–Crippen MR) is 57.5 cm³/mol. The number of H-pyrrole nitrogens is 1. The molecule has 0 fully saturated rings. The Hall–Kier alpha value is -1.36. The van der Waals surface area contributed by atoms with Gasteiger partial charge in [0.2, 0.25) is 5.91 Å². The highest BCUT2D eigenvalue weighted by atomic mass is 16.3. The second-order valence-corrected chi connectivity index (χ2v) is 3.57. The molecule has 0 aromatic carbocycles. The molecule has 1 rings (SSSR count). The highest BCUT2D eigenvalue weighted by Gasteiger charge is 2.06. The fraction of sp³-hybridized carbons (Fsp3) is 0.600. The number of hydrogen-bond acceptors (Lipinski definition) is 3. The number of hydrogen-bond donors (Lipinski definition) is 3. The number of aryl methyl sites for hydroxylation is 1. The Kier molecular flexibility index (Phi) is 4.30. The maximum Gasteiger partial charge on any atom is 0.225 e. The van der Waals surface area contributed by atoms with Gasteiger partial charge in [0.25, 0.3) is 0 Å². The molecule has 0 saturated carbocycles. The van der Waals surface area contributed by atoms with Crippen LogP contribution in [-0.2, 0) is 11.2 Å². The number of aliphatic hydroxyl groups is 1. The predicted octanol–water partition coefficient (Wildman–Crippen LogP) is 1.07. The third kappa shape index (κ3) is 4.12. The van der Waals surface area contributed by atoms with Crippen molar-refractivity contribution in [3.8, 4) is 0 Å². The molecule has 0 aliphatic heterocycles. The lowest BCUT2D eigenvalue weighted by molar-refractivity contribution is -0.116. The van der Waals surface area contributed by atoms with Gasteiger partial charge in [0.15, 0.2) is 5.82 Å². The number of amides is 1. The SMILES string of the molecule is CCc1cc(NC(=O)CCC(C)O)n[nH]1. The normalized spacial score (nSPS) is 12.5. The standard InChI is InChI=1S/C10H17N3O2/c1-3-8-6-9(13-12-8)11-10(15)5-4-7(2)14/h6-7,14H,3-5H2,1-2H3,(H2,11,12,13,15). The maximum atomic E-state index is 11.3. The highest BCUT2D eigenvalue weighted by Crippen LogP contribution is 2.07. The van der Waals surface area contributed by atoms with Crippen molar-refractivity contribution in [2.75, 3.05) is 5.32 Å². The van der Waals surface area contributed by atoms with E-state index in [4.69, 9.17) is 5.11 Å². The highest BCUT2D eigenvalue weighted by molar-refractivity contribution is 5.89. The van der Waals surface area contributed by atoms with E-state index >= 15 is 0 Å². The molecule has 1 aromatic heterocycles. The van der Waals surface area contributed by atoms with Crippen molar-refractivity contribution in [2.45, 2.75) is 39.2 Å². The summed E-state index contributed by atoms with van der Waals surface area (Å²) in [6, 6.07) is 1.81. The molecule has 1 aromatic rings. The van der Waals surface area contributed by atoms with Crippen LogP contribution in [0.5, 0.6) is 0 Å². The number of nitrogens with zero attached hydrogens (tertiary/aromatic N) is 1. The molecule has 1 unspecified atom stereocenters. The lowest BCUT2D eigenvalue weighted by Crippen LogP contribution is -2.14. The van der Waals surface area contributed by atoms with Gasteiger partial charge in [0.05, 0.1) is 6.10 Å². The summed E-state index contributed by atoms with van der Waals surface area (Å²) in [6.45, 7) is 3.67. The summed E-state index contributed by atoms with van der Waals surface area (Å²) in [6.07, 6.45) is 1.19. The Labute approximate surface area is 88.9 Å². The van der Waals surface area contributed by atoms with Gasteiger partial charge in [-0.15, -0.1) is 0 Å². The number of aromatic amines is 1. The van der Waals surface area contributed by atoms with E-state index in [0.29, 0.717) is 18.7 Å². The molecule has 1 atom stereocenters. The van der Waals surface area contributed by atoms with Gasteiger partial charge < -0.3 is 10.4 Å². The van der Waals surface area contributed by atoms with E-state index in [9.17, 15) is 4.79 Å². The van der Waals surface area contributed by atoms with Crippen LogP contribution < -0.4 is 5.32 Å². The Balaban J connectivity index is 2.37. The molecule has 5 heteroatoms. The summed E-state index contributed by atoms with van der Waals surface area (Å²) in [7, 11) is 0. The monoisotopic (exact) mass is 211 g/mol. The van der Waals surface area contributed by atoms with Gasteiger partial charge in [0.1, 0.15) is 0 Å². The number of nitrogens with one attached hydrogen (secondary N) is 2. The number of aliphatic hydroxyl groups excluding tert-OH is 1. The molecular weight excluding hydrogens is 194 g/mol. The maximum absolute atomic E-state index is 11.3. The number of anilines is 1. The van der Waals surface area contributed by atoms with Crippen molar-refractivity contribution < 1.29 is 9.90 Å². The van der Waals surface area contributed by atoms with Crippen molar-refractivity contribution in [1.82, 2.24) is 10.2 Å². The van der Waals surface area contributed by atoms with E-state index in [0.717, 1.165) is 12.1 Å². The zero-order chi connectivity index (χ0) is 11.3. The van der Waals surface area contributed by atoms with Gasteiger partial charge in [-0.25, -0.2) is 0 Å². The van der Waals surface area contributed by atoms with Crippen molar-refractivity contribution >= 4 is 11.7 Å². The second kappa shape index (κ2) is 5.50. The summed E-state index contributed by atoms with van der Waals surface area (Å²) in [5.41, 5.74) is 0.987. The number of rotatable bonds is 5. The Morgan fingerprint density at radius 2 is 2.47 bits per heavy atom. The van der Waals surface area contributed by atoms with Crippen LogP contribution in [0.2, 0.25) is 0 Å². The average Bonchev–Trinajstić information content (AvgIpc) is 2.62. The van der Waals surface area contributed by atoms with Crippen molar-refractivity contribution in [3.63, 3.8) is 0 Å². The molecule has 15 heavy (non-hydrogen) atoms. The van der Waals surface area contributed by atoms with Crippen LogP contribution in [0.15, 0.2) is 6.07 Å². The molecule has 84 valence electrons. The Morgan fingerprint density at radius 1 is 1.73 bits per heavy atom. The summed E-state index contributed by atoms with van der Waals surface area (Å²) < 4.78 is 0. The molecule has 0 aliphatic rings. The van der Waals surface area contributed by atoms with Gasteiger partial charge in [-0.1, -0.05) is 6.92 Å². The average molecular weight is 211 g/mol. The minimum Gasteiger partial charge on any atom is -0.393 e. The molecule has 5 nitrogen and oxygen atoms in total. The van der Waals surface area contributed by atoms with Crippen molar-refractivity contribution in [3.05, 3.63) is 11.8 Å². The van der Waals surface area contributed by atoms with Gasteiger partial charge in [-0.3, -0.25) is 9.89 Å². The van der Waals surface area contributed by atoms with Crippen LogP contribution >= 0.6 is 0 Å². The first-order chi connectivity index (χ1) is 7.11. The summed E-state index contributed by atoms with van der Waals surface area (Å²) in [5, 5.41) is 18.4. The van der Waals surface area contributed by atoms with E-state index < -0.39 is 6.10 Å². The molecule has 0 aliphatic carbocycles. The fourth-order valence-electron chi connectivity index (χ4n) is 1.15. The zero-order valence-electron chi connectivity index (χ0n) is 9.08. The molecule has 0 spiro atoms. The molecule has 1 heterocycles. The Morgan fingerprint density at radius 3 is 3.00 bits per heavy atom. The van der Waals surface area contributed by atoms with Crippen LogP contribution in [0.4, 0.5) is 5.82 Å². The molecular formula is C10H17N3O2. The van der Waals surface area contributed by atoms with Crippen LogP contribution in [-0.4, -0.2) is 27.3 Å². The summed E-state index contributed by atoms with van der Waals surface area (Å²) >= 11 is 0. The largest absolute Gasteiger partial charge is 0.393 e. The van der Waals surface area contributed by atoms with Crippen LogP contribution in [0.25, 0.3) is 0 Å². The molecule has 0 radical (unpaired) electrons. The zero-order valence-corrected chi connectivity index (χ0v) is 9.08. The van der Waals surface area contributed by atoms with Crippen molar-refractivity contribution in [1.29, 1.82) is 0 Å². The molecule has 0 bridgehead atoms. The van der Waals surface area contributed by atoms with E-state index in [2.05, 4.69) is 15.5 Å². The first-order valence-corrected chi connectivity index (χ1v) is 5.14. The third-order valence-electron chi connectivity index (χ3n) is 2.07. The van der Waals surface area contributed by atoms with Crippen LogP contribution in [0.3, 0.4) is 0 Å². The Bertz CT molecular complexity index is 320. The molecule has 0 saturated heterocycles. The molecule has 3 N–H and O–H groups in total. The van der Waals surface area contributed by atoms with E-state index in [1.165, 1.54) is 0 Å². The smallest absolute Gasteiger partial charge is 0.225 e. The topological polar surface area (TPSA) is 78.0 Å².